The van der Waals surface area contributed by atoms with Crippen molar-refractivity contribution in [2.24, 2.45) is 0 Å². The largest absolute Gasteiger partial charge is 0.436 e. The highest BCUT2D eigenvalue weighted by Crippen LogP contribution is 2.27. The number of nitrogens with one attached hydrogen (secondary N) is 3. The zero-order chi connectivity index (χ0) is 33.5. The van der Waals surface area contributed by atoms with Crippen molar-refractivity contribution in [2.75, 3.05) is 16.4 Å². The van der Waals surface area contributed by atoms with Gasteiger partial charge in [-0.05, 0) is 84.9 Å². The molecule has 8 nitrogen and oxygen atoms in total. The number of benzene rings is 5. The molecular weight excluding hydrogens is 651 g/mol. The van der Waals surface area contributed by atoms with Crippen LogP contribution in [0.1, 0.15) is 15.9 Å². The number of amides is 3. The van der Waals surface area contributed by atoms with Crippen LogP contribution in [-0.4, -0.2) is 28.5 Å². The standard InChI is InChI=1S/C37H26ClFN4O4S/c38-29-12-7-13-30(39)28(29)21-32(42-35(45)23-8-2-1-3-9-23)36(46)41-26-10-6-11-27(20-26)48-22-34(44)40-25-18-16-24(17-19-25)37-43-31-14-4-5-15-33(31)47-37/h1-21H,22H2,(H,40,44)(H,41,46)(H,42,45)/b32-21+. The summed E-state index contributed by atoms with van der Waals surface area (Å²) in [7, 11) is 0. The van der Waals surface area contributed by atoms with Gasteiger partial charge < -0.3 is 20.4 Å². The fourth-order valence-electron chi connectivity index (χ4n) is 4.64. The molecule has 5 aromatic carbocycles. The Morgan fingerprint density at radius 1 is 0.812 bits per heavy atom. The summed E-state index contributed by atoms with van der Waals surface area (Å²) < 4.78 is 20.4. The Morgan fingerprint density at radius 3 is 2.33 bits per heavy atom. The van der Waals surface area contributed by atoms with E-state index in [1.54, 1.807) is 66.7 Å². The molecule has 0 saturated carbocycles. The average molecular weight is 677 g/mol. The summed E-state index contributed by atoms with van der Waals surface area (Å²) in [4.78, 5) is 44.3. The highest BCUT2D eigenvalue weighted by molar-refractivity contribution is 8.00. The van der Waals surface area contributed by atoms with Crippen molar-refractivity contribution in [2.45, 2.75) is 4.90 Å². The molecular formula is C37H26ClFN4O4S. The molecule has 0 aliphatic rings. The van der Waals surface area contributed by atoms with Gasteiger partial charge in [0, 0.05) is 33.0 Å². The van der Waals surface area contributed by atoms with Crippen molar-refractivity contribution in [1.29, 1.82) is 0 Å². The van der Waals surface area contributed by atoms with Gasteiger partial charge in [-0.3, -0.25) is 14.4 Å². The molecule has 0 aliphatic heterocycles. The first-order valence-corrected chi connectivity index (χ1v) is 16.0. The predicted octanol–water partition coefficient (Wildman–Crippen LogP) is 8.43. The molecule has 238 valence electrons. The van der Waals surface area contributed by atoms with E-state index in [1.807, 2.05) is 36.4 Å². The molecule has 0 bridgehead atoms. The quantitative estimate of drug-likeness (QED) is 0.0992. The summed E-state index contributed by atoms with van der Waals surface area (Å²) in [6.07, 6.45) is 1.19. The molecule has 0 aliphatic carbocycles. The predicted molar refractivity (Wildman–Crippen MR) is 187 cm³/mol. The Morgan fingerprint density at radius 2 is 1.56 bits per heavy atom. The highest BCUT2D eigenvalue weighted by Gasteiger charge is 2.17. The zero-order valence-corrected chi connectivity index (χ0v) is 26.6. The van der Waals surface area contributed by atoms with Gasteiger partial charge >= 0.3 is 0 Å². The van der Waals surface area contributed by atoms with Gasteiger partial charge in [0.25, 0.3) is 11.8 Å². The molecule has 0 spiro atoms. The van der Waals surface area contributed by atoms with Crippen LogP contribution in [0.3, 0.4) is 0 Å². The maximum absolute atomic E-state index is 14.6. The number of nitrogens with zero attached hydrogens (tertiary/aromatic N) is 1. The van der Waals surface area contributed by atoms with E-state index in [4.69, 9.17) is 16.0 Å². The molecule has 3 N–H and O–H groups in total. The van der Waals surface area contributed by atoms with Gasteiger partial charge in [-0.1, -0.05) is 54.1 Å². The third-order valence-corrected chi connectivity index (χ3v) is 8.31. The topological polar surface area (TPSA) is 113 Å². The molecule has 6 rings (SSSR count). The van der Waals surface area contributed by atoms with Crippen LogP contribution in [-0.2, 0) is 9.59 Å². The third kappa shape index (κ3) is 7.98. The minimum absolute atomic E-state index is 0.0474. The summed E-state index contributed by atoms with van der Waals surface area (Å²) in [5.41, 5.74) is 3.32. The maximum atomic E-state index is 14.6. The van der Waals surface area contributed by atoms with E-state index in [0.717, 1.165) is 11.1 Å². The number of anilines is 2. The number of halogens is 2. The lowest BCUT2D eigenvalue weighted by molar-refractivity contribution is -0.114. The smallest absolute Gasteiger partial charge is 0.272 e. The van der Waals surface area contributed by atoms with E-state index < -0.39 is 17.6 Å². The third-order valence-electron chi connectivity index (χ3n) is 6.99. The lowest BCUT2D eigenvalue weighted by Crippen LogP contribution is -2.30. The van der Waals surface area contributed by atoms with Crippen LogP contribution in [0.5, 0.6) is 0 Å². The summed E-state index contributed by atoms with van der Waals surface area (Å²) in [6, 6.07) is 34.0. The number of rotatable bonds is 10. The first kappa shape index (κ1) is 32.2. The zero-order valence-electron chi connectivity index (χ0n) is 25.1. The van der Waals surface area contributed by atoms with E-state index >= 15 is 0 Å². The molecule has 0 saturated heterocycles. The lowest BCUT2D eigenvalue weighted by atomic mass is 10.1. The summed E-state index contributed by atoms with van der Waals surface area (Å²) in [6.45, 7) is 0. The van der Waals surface area contributed by atoms with Crippen molar-refractivity contribution in [1.82, 2.24) is 10.3 Å². The minimum atomic E-state index is -0.695. The first-order valence-electron chi connectivity index (χ1n) is 14.6. The Labute approximate surface area is 284 Å². The van der Waals surface area contributed by atoms with E-state index in [-0.39, 0.29) is 27.9 Å². The second kappa shape index (κ2) is 14.8. The van der Waals surface area contributed by atoms with Crippen molar-refractivity contribution in [3.05, 3.63) is 149 Å². The Bertz CT molecular complexity index is 2100. The number of carbonyl (C=O) groups is 3. The molecule has 0 fully saturated rings. The van der Waals surface area contributed by atoms with Gasteiger partial charge in [-0.15, -0.1) is 11.8 Å². The van der Waals surface area contributed by atoms with Crippen LogP contribution in [0.2, 0.25) is 5.02 Å². The minimum Gasteiger partial charge on any atom is -0.436 e. The number of aromatic nitrogens is 1. The van der Waals surface area contributed by atoms with Gasteiger partial charge in [0.05, 0.1) is 10.8 Å². The van der Waals surface area contributed by atoms with E-state index in [1.165, 1.54) is 36.0 Å². The SMILES string of the molecule is O=C(CSc1cccc(NC(=O)/C(=C\c2c(F)cccc2Cl)NC(=O)c2ccccc2)c1)Nc1ccc(-c2nc3ccccc3o2)cc1. The normalized spacial score (nSPS) is 11.2. The van der Waals surface area contributed by atoms with Gasteiger partial charge in [-0.25, -0.2) is 9.37 Å². The fraction of sp³-hybridized carbons (Fsp3) is 0.0270. The average Bonchev–Trinajstić information content (AvgIpc) is 3.54. The Balaban J connectivity index is 1.09. The van der Waals surface area contributed by atoms with E-state index in [9.17, 15) is 18.8 Å². The Kier molecular flexibility index (Phi) is 9.94. The van der Waals surface area contributed by atoms with Crippen molar-refractivity contribution >= 4 is 69.6 Å². The van der Waals surface area contributed by atoms with Crippen LogP contribution in [0.25, 0.3) is 28.6 Å². The molecule has 0 unspecified atom stereocenters. The highest BCUT2D eigenvalue weighted by atomic mass is 35.5. The molecule has 6 aromatic rings. The maximum Gasteiger partial charge on any atom is 0.272 e. The molecule has 1 heterocycles. The molecule has 48 heavy (non-hydrogen) atoms. The second-order valence-corrected chi connectivity index (χ2v) is 11.9. The summed E-state index contributed by atoms with van der Waals surface area (Å²) >= 11 is 7.47. The lowest BCUT2D eigenvalue weighted by Gasteiger charge is -2.13. The van der Waals surface area contributed by atoms with Crippen LogP contribution >= 0.6 is 23.4 Å². The Hall–Kier alpha value is -5.71. The molecule has 0 radical (unpaired) electrons. The van der Waals surface area contributed by atoms with Crippen LogP contribution < -0.4 is 16.0 Å². The van der Waals surface area contributed by atoms with Crippen LogP contribution in [0, 0.1) is 5.82 Å². The van der Waals surface area contributed by atoms with Crippen LogP contribution in [0.15, 0.2) is 136 Å². The van der Waals surface area contributed by atoms with Gasteiger partial charge in [0.1, 0.15) is 17.0 Å². The fourth-order valence-corrected chi connectivity index (χ4v) is 5.61. The van der Waals surface area contributed by atoms with Crippen LogP contribution in [0.4, 0.5) is 15.8 Å². The second-order valence-electron chi connectivity index (χ2n) is 10.4. The van der Waals surface area contributed by atoms with Gasteiger partial charge in [0.2, 0.25) is 11.8 Å². The molecule has 0 atom stereocenters. The number of para-hydroxylation sites is 2. The number of carbonyl (C=O) groups excluding carboxylic acids is 3. The number of fused-ring (bicyclic) bond motifs is 1. The van der Waals surface area contributed by atoms with Crippen molar-refractivity contribution in [3.8, 4) is 11.5 Å². The van der Waals surface area contributed by atoms with Gasteiger partial charge in [0.15, 0.2) is 5.58 Å². The molecule has 1 aromatic heterocycles. The van der Waals surface area contributed by atoms with E-state index in [2.05, 4.69) is 20.9 Å². The molecule has 11 heteroatoms. The monoisotopic (exact) mass is 676 g/mol. The number of thioether (sulfide) groups is 1. The van der Waals surface area contributed by atoms with Gasteiger partial charge in [-0.2, -0.15) is 0 Å². The number of oxazole rings is 1. The number of hydrogen-bond donors (Lipinski definition) is 3. The first-order chi connectivity index (χ1) is 23.3. The van der Waals surface area contributed by atoms with Crippen molar-refractivity contribution < 1.29 is 23.2 Å². The molecule has 3 amide bonds. The summed E-state index contributed by atoms with van der Waals surface area (Å²) in [5.74, 6) is -1.53. The summed E-state index contributed by atoms with van der Waals surface area (Å²) in [5, 5.41) is 8.26. The number of hydrogen-bond acceptors (Lipinski definition) is 6. The van der Waals surface area contributed by atoms with Crippen molar-refractivity contribution in [3.63, 3.8) is 0 Å². The van der Waals surface area contributed by atoms with E-state index in [0.29, 0.717) is 33.3 Å².